The van der Waals surface area contributed by atoms with Gasteiger partial charge in [-0.25, -0.2) is 0 Å². The van der Waals surface area contributed by atoms with Gasteiger partial charge in [0.1, 0.15) is 6.10 Å². The summed E-state index contributed by atoms with van der Waals surface area (Å²) in [7, 11) is 0. The summed E-state index contributed by atoms with van der Waals surface area (Å²) in [5.74, 6) is 5.20. The Labute approximate surface area is 233 Å². The molecule has 38 heavy (non-hydrogen) atoms. The van der Waals surface area contributed by atoms with Crippen LogP contribution in [0.25, 0.3) is 0 Å². The van der Waals surface area contributed by atoms with Crippen LogP contribution in [0.1, 0.15) is 117 Å². The minimum atomic E-state index is -0.0234. The largest absolute Gasteiger partial charge is 0.462 e. The molecule has 0 aliphatic heterocycles. The number of carbonyl (C=O) groups excluding carboxylic acids is 1. The van der Waals surface area contributed by atoms with Crippen LogP contribution in [0.15, 0.2) is 42.0 Å². The van der Waals surface area contributed by atoms with Crippen molar-refractivity contribution in [1.82, 2.24) is 0 Å². The smallest absolute Gasteiger partial charge is 0.306 e. The van der Waals surface area contributed by atoms with E-state index in [-0.39, 0.29) is 12.1 Å². The van der Waals surface area contributed by atoms with Crippen molar-refractivity contribution in [1.29, 1.82) is 0 Å². The van der Waals surface area contributed by atoms with E-state index in [2.05, 4.69) is 52.8 Å². The summed E-state index contributed by atoms with van der Waals surface area (Å²) in [6.07, 6.45) is 18.4. The molecule has 1 aromatic carbocycles. The van der Waals surface area contributed by atoms with Crippen LogP contribution in [-0.4, -0.2) is 12.1 Å². The van der Waals surface area contributed by atoms with Gasteiger partial charge in [-0.15, -0.1) is 0 Å². The Morgan fingerprint density at radius 1 is 0.974 bits per heavy atom. The highest BCUT2D eigenvalue weighted by atomic mass is 16.5. The third-order valence-corrected chi connectivity index (χ3v) is 12.0. The SMILES string of the molecule is CC(C)CCC[C@@H](C)[C@H]1CC[C@H]2[C@@H]3CC=C4CC(OC(=O)CCc5ccccc5)CCC4(C)[C@H]3CC[C@]12C. The summed E-state index contributed by atoms with van der Waals surface area (Å²) >= 11 is 0. The van der Waals surface area contributed by atoms with Crippen molar-refractivity contribution in [3.63, 3.8) is 0 Å². The van der Waals surface area contributed by atoms with Crippen molar-refractivity contribution < 1.29 is 9.53 Å². The molecule has 0 amide bonds. The Kier molecular flexibility index (Phi) is 8.47. The van der Waals surface area contributed by atoms with Gasteiger partial charge in [0.05, 0.1) is 0 Å². The van der Waals surface area contributed by atoms with E-state index in [1.54, 1.807) is 5.57 Å². The Morgan fingerprint density at radius 3 is 2.53 bits per heavy atom. The fraction of sp³-hybridized carbons (Fsp3) is 0.750. The molecule has 1 aromatic rings. The summed E-state index contributed by atoms with van der Waals surface area (Å²) in [5.41, 5.74) is 3.69. The van der Waals surface area contributed by atoms with Crippen molar-refractivity contribution >= 4 is 5.97 Å². The average Bonchev–Trinajstić information content (AvgIpc) is 3.25. The molecule has 8 atom stereocenters. The maximum absolute atomic E-state index is 12.7. The van der Waals surface area contributed by atoms with E-state index < -0.39 is 0 Å². The first kappa shape index (κ1) is 28.0. The molecule has 0 spiro atoms. The summed E-state index contributed by atoms with van der Waals surface area (Å²) in [5, 5.41) is 0. The summed E-state index contributed by atoms with van der Waals surface area (Å²) in [6, 6.07) is 10.3. The third kappa shape index (κ3) is 5.53. The van der Waals surface area contributed by atoms with E-state index in [0.29, 0.717) is 17.3 Å². The lowest BCUT2D eigenvalue weighted by atomic mass is 9.47. The number of fused-ring (bicyclic) bond motifs is 5. The van der Waals surface area contributed by atoms with Crippen molar-refractivity contribution in [3.05, 3.63) is 47.5 Å². The van der Waals surface area contributed by atoms with Crippen LogP contribution in [-0.2, 0) is 16.0 Å². The molecule has 2 unspecified atom stereocenters. The first-order valence-electron chi connectivity index (χ1n) is 16.1. The van der Waals surface area contributed by atoms with Gasteiger partial charge in [-0.3, -0.25) is 4.79 Å². The second-order valence-electron chi connectivity index (χ2n) is 14.6. The zero-order valence-corrected chi connectivity index (χ0v) is 25.0. The zero-order chi connectivity index (χ0) is 26.9. The number of rotatable bonds is 9. The van der Waals surface area contributed by atoms with E-state index in [0.717, 1.165) is 54.8 Å². The van der Waals surface area contributed by atoms with Crippen molar-refractivity contribution in [2.75, 3.05) is 0 Å². The van der Waals surface area contributed by atoms with Gasteiger partial charge in [-0.05, 0) is 103 Å². The maximum Gasteiger partial charge on any atom is 0.306 e. The summed E-state index contributed by atoms with van der Waals surface area (Å²) in [4.78, 5) is 12.7. The first-order valence-corrected chi connectivity index (χ1v) is 16.1. The van der Waals surface area contributed by atoms with Gasteiger partial charge in [0.15, 0.2) is 0 Å². The lowest BCUT2D eigenvalue weighted by Gasteiger charge is -2.58. The topological polar surface area (TPSA) is 26.3 Å². The van der Waals surface area contributed by atoms with Gasteiger partial charge in [-0.1, -0.05) is 95.9 Å². The van der Waals surface area contributed by atoms with Gasteiger partial charge in [-0.2, -0.15) is 0 Å². The number of allylic oxidation sites excluding steroid dienone is 1. The lowest BCUT2D eigenvalue weighted by Crippen LogP contribution is -2.51. The molecule has 3 fully saturated rings. The van der Waals surface area contributed by atoms with Crippen LogP contribution < -0.4 is 0 Å². The van der Waals surface area contributed by atoms with Crippen LogP contribution in [0.5, 0.6) is 0 Å². The standard InChI is InChI=1S/C36H54O2/c1-25(2)10-9-11-26(3)31-17-18-32-30-16-15-28-24-29(38-34(37)19-14-27-12-7-6-8-13-27)20-22-35(28,4)33(30)21-23-36(31,32)5/h6-8,12-13,15,25-26,29-33H,9-11,14,16-24H2,1-5H3/t26-,29?,30+,31-,32+,33+,35?,36-/m1/s1. The number of hydrogen-bond acceptors (Lipinski definition) is 2. The predicted octanol–water partition coefficient (Wildman–Crippen LogP) is 9.57. The molecule has 0 heterocycles. The zero-order valence-electron chi connectivity index (χ0n) is 25.0. The number of benzene rings is 1. The highest BCUT2D eigenvalue weighted by Gasteiger charge is 2.59. The number of ether oxygens (including phenoxy) is 1. The molecule has 2 heteroatoms. The van der Waals surface area contributed by atoms with Crippen LogP contribution >= 0.6 is 0 Å². The fourth-order valence-corrected chi connectivity index (χ4v) is 9.89. The first-order chi connectivity index (χ1) is 18.2. The third-order valence-electron chi connectivity index (χ3n) is 12.0. The van der Waals surface area contributed by atoms with Crippen molar-refractivity contribution in [2.24, 2.45) is 46.3 Å². The summed E-state index contributed by atoms with van der Waals surface area (Å²) < 4.78 is 6.04. The molecule has 0 saturated heterocycles. The molecule has 210 valence electrons. The molecule has 2 nitrogen and oxygen atoms in total. The molecule has 5 rings (SSSR count). The Balaban J connectivity index is 1.19. The van der Waals surface area contributed by atoms with E-state index in [1.807, 2.05) is 18.2 Å². The Morgan fingerprint density at radius 2 is 1.76 bits per heavy atom. The van der Waals surface area contributed by atoms with E-state index >= 15 is 0 Å². The molecule has 4 aliphatic rings. The Bertz CT molecular complexity index is 978. The predicted molar refractivity (Wildman–Crippen MR) is 158 cm³/mol. The van der Waals surface area contributed by atoms with Gasteiger partial charge in [0, 0.05) is 12.8 Å². The molecular weight excluding hydrogens is 464 g/mol. The fourth-order valence-electron chi connectivity index (χ4n) is 9.89. The lowest BCUT2D eigenvalue weighted by molar-refractivity contribution is -0.151. The van der Waals surface area contributed by atoms with E-state index in [9.17, 15) is 4.79 Å². The highest BCUT2D eigenvalue weighted by molar-refractivity contribution is 5.70. The second kappa shape index (κ2) is 11.5. The Hall–Kier alpha value is -1.57. The van der Waals surface area contributed by atoms with Crippen LogP contribution in [0.2, 0.25) is 0 Å². The number of aryl methyl sites for hydroxylation is 1. The van der Waals surface area contributed by atoms with Gasteiger partial charge >= 0.3 is 5.97 Å². The van der Waals surface area contributed by atoms with Gasteiger partial charge in [0.2, 0.25) is 0 Å². The molecule has 0 bridgehead atoms. The van der Waals surface area contributed by atoms with Crippen LogP contribution in [0, 0.1) is 46.3 Å². The quantitative estimate of drug-likeness (QED) is 0.240. The number of carbonyl (C=O) groups is 1. The summed E-state index contributed by atoms with van der Waals surface area (Å²) in [6.45, 7) is 12.6. The molecule has 0 aromatic heterocycles. The highest BCUT2D eigenvalue weighted by Crippen LogP contribution is 2.67. The molecule has 4 aliphatic carbocycles. The average molecular weight is 519 g/mol. The van der Waals surface area contributed by atoms with Crippen LogP contribution in [0.3, 0.4) is 0 Å². The van der Waals surface area contributed by atoms with Crippen LogP contribution in [0.4, 0.5) is 0 Å². The molecular formula is C36H54O2. The van der Waals surface area contributed by atoms with Crippen molar-refractivity contribution in [3.8, 4) is 0 Å². The normalized spacial score (nSPS) is 37.1. The van der Waals surface area contributed by atoms with Crippen molar-refractivity contribution in [2.45, 2.75) is 124 Å². The molecule has 0 radical (unpaired) electrons. The molecule has 0 N–H and O–H groups in total. The second-order valence-corrected chi connectivity index (χ2v) is 14.6. The monoisotopic (exact) mass is 518 g/mol. The number of esters is 1. The van der Waals surface area contributed by atoms with E-state index in [4.69, 9.17) is 4.74 Å². The van der Waals surface area contributed by atoms with Gasteiger partial charge in [0.25, 0.3) is 0 Å². The van der Waals surface area contributed by atoms with Gasteiger partial charge < -0.3 is 4.74 Å². The van der Waals surface area contributed by atoms with E-state index in [1.165, 1.54) is 63.4 Å². The minimum Gasteiger partial charge on any atom is -0.462 e. The number of hydrogen-bond donors (Lipinski definition) is 0. The minimum absolute atomic E-state index is 0.0234. The molecule has 3 saturated carbocycles. The maximum atomic E-state index is 12.7.